The van der Waals surface area contributed by atoms with Gasteiger partial charge in [-0.3, -0.25) is 4.79 Å². The molecule has 18 heavy (non-hydrogen) atoms. The summed E-state index contributed by atoms with van der Waals surface area (Å²) in [7, 11) is 1.85. The molecule has 98 valence electrons. The van der Waals surface area contributed by atoms with Gasteiger partial charge in [0, 0.05) is 25.9 Å². The van der Waals surface area contributed by atoms with E-state index >= 15 is 0 Å². The maximum atomic E-state index is 11.4. The number of carbonyl (C=O) groups excluding carboxylic acids is 1. The molecule has 0 saturated carbocycles. The van der Waals surface area contributed by atoms with Gasteiger partial charge in [-0.1, -0.05) is 12.1 Å². The molecule has 0 fully saturated rings. The second kappa shape index (κ2) is 6.40. The number of hydrogen-bond acceptors (Lipinski definition) is 3. The molecule has 4 heteroatoms. The van der Waals surface area contributed by atoms with Gasteiger partial charge in [0.25, 0.3) is 0 Å². The number of ether oxygens (including phenoxy) is 1. The molecule has 1 heterocycles. The second-order valence-electron chi connectivity index (χ2n) is 4.49. The lowest BCUT2D eigenvalue weighted by Crippen LogP contribution is -2.28. The third kappa shape index (κ3) is 3.47. The van der Waals surface area contributed by atoms with Crippen molar-refractivity contribution in [2.24, 2.45) is 0 Å². The van der Waals surface area contributed by atoms with Gasteiger partial charge >= 0.3 is 0 Å². The van der Waals surface area contributed by atoms with E-state index in [1.807, 2.05) is 13.1 Å². The third-order valence-electron chi connectivity index (χ3n) is 3.09. The zero-order chi connectivity index (χ0) is 12.8. The fraction of sp³-hybridized carbons (Fsp3) is 0.500. The number of hydrogen-bond donors (Lipinski definition) is 2. The summed E-state index contributed by atoms with van der Waals surface area (Å²) in [6.07, 6.45) is 2.41. The Morgan fingerprint density at radius 1 is 1.39 bits per heavy atom. The molecular formula is C14H20N2O2. The van der Waals surface area contributed by atoms with E-state index in [9.17, 15) is 4.79 Å². The molecule has 0 bridgehead atoms. The standard InChI is InChI=1S/C14H20N2O2/c1-15-7-5-14(17)16-8-4-11-2-3-13-12(10-11)6-9-18-13/h2-3,10,15H,4-9H2,1H3,(H,16,17). The minimum Gasteiger partial charge on any atom is -0.493 e. The van der Waals surface area contributed by atoms with Crippen LogP contribution in [0.1, 0.15) is 17.5 Å². The number of fused-ring (bicyclic) bond motifs is 1. The van der Waals surface area contributed by atoms with E-state index in [-0.39, 0.29) is 5.91 Å². The Kier molecular flexibility index (Phi) is 4.59. The molecule has 0 aromatic heterocycles. The van der Waals surface area contributed by atoms with Crippen molar-refractivity contribution in [1.82, 2.24) is 10.6 Å². The zero-order valence-electron chi connectivity index (χ0n) is 10.8. The van der Waals surface area contributed by atoms with Gasteiger partial charge in [0.1, 0.15) is 5.75 Å². The number of nitrogens with one attached hydrogen (secondary N) is 2. The summed E-state index contributed by atoms with van der Waals surface area (Å²) in [4.78, 5) is 11.4. The molecule has 2 N–H and O–H groups in total. The van der Waals surface area contributed by atoms with Crippen LogP contribution in [0, 0.1) is 0 Å². The molecule has 0 saturated heterocycles. The molecule has 0 atom stereocenters. The van der Waals surface area contributed by atoms with Gasteiger partial charge in [-0.25, -0.2) is 0 Å². The predicted octanol–water partition coefficient (Wildman–Crippen LogP) is 0.890. The van der Waals surface area contributed by atoms with E-state index in [1.54, 1.807) is 0 Å². The van der Waals surface area contributed by atoms with Crippen LogP contribution in [0.5, 0.6) is 5.75 Å². The molecule has 1 aliphatic rings. The molecular weight excluding hydrogens is 228 g/mol. The summed E-state index contributed by atoms with van der Waals surface area (Å²) in [5, 5.41) is 5.88. The highest BCUT2D eigenvalue weighted by molar-refractivity contribution is 5.76. The van der Waals surface area contributed by atoms with Crippen LogP contribution in [0.3, 0.4) is 0 Å². The largest absolute Gasteiger partial charge is 0.493 e. The molecule has 2 rings (SSSR count). The van der Waals surface area contributed by atoms with E-state index in [4.69, 9.17) is 4.74 Å². The summed E-state index contributed by atoms with van der Waals surface area (Å²) in [5.74, 6) is 1.12. The minimum atomic E-state index is 0.105. The highest BCUT2D eigenvalue weighted by Crippen LogP contribution is 2.25. The Hall–Kier alpha value is -1.55. The normalized spacial score (nSPS) is 12.9. The summed E-state index contributed by atoms with van der Waals surface area (Å²) in [6, 6.07) is 6.28. The lowest BCUT2D eigenvalue weighted by Gasteiger charge is -2.06. The van der Waals surface area contributed by atoms with Gasteiger partial charge in [-0.15, -0.1) is 0 Å². The third-order valence-corrected chi connectivity index (χ3v) is 3.09. The summed E-state index contributed by atoms with van der Waals surface area (Å²) >= 11 is 0. The number of rotatable bonds is 6. The smallest absolute Gasteiger partial charge is 0.221 e. The van der Waals surface area contributed by atoms with E-state index in [0.29, 0.717) is 13.0 Å². The molecule has 1 amide bonds. The second-order valence-corrected chi connectivity index (χ2v) is 4.49. The number of carbonyl (C=O) groups is 1. The number of benzene rings is 1. The van der Waals surface area contributed by atoms with Gasteiger partial charge in [0.05, 0.1) is 6.61 Å². The van der Waals surface area contributed by atoms with Crippen molar-refractivity contribution < 1.29 is 9.53 Å². The van der Waals surface area contributed by atoms with Crippen LogP contribution in [-0.2, 0) is 17.6 Å². The van der Waals surface area contributed by atoms with Crippen molar-refractivity contribution >= 4 is 5.91 Å². The van der Waals surface area contributed by atoms with E-state index < -0.39 is 0 Å². The van der Waals surface area contributed by atoms with Crippen LogP contribution in [0.2, 0.25) is 0 Å². The lowest BCUT2D eigenvalue weighted by molar-refractivity contribution is -0.120. The quantitative estimate of drug-likeness (QED) is 0.786. The van der Waals surface area contributed by atoms with Crippen molar-refractivity contribution in [3.8, 4) is 5.75 Å². The van der Waals surface area contributed by atoms with Crippen LogP contribution in [0.25, 0.3) is 0 Å². The Morgan fingerprint density at radius 2 is 2.28 bits per heavy atom. The molecule has 4 nitrogen and oxygen atoms in total. The van der Waals surface area contributed by atoms with Crippen LogP contribution in [0.4, 0.5) is 0 Å². The molecule has 1 aromatic carbocycles. The first-order valence-corrected chi connectivity index (χ1v) is 6.45. The average Bonchev–Trinajstić information content (AvgIpc) is 2.83. The zero-order valence-corrected chi connectivity index (χ0v) is 10.8. The summed E-state index contributed by atoms with van der Waals surface area (Å²) in [5.41, 5.74) is 2.54. The maximum absolute atomic E-state index is 11.4. The van der Waals surface area contributed by atoms with Crippen molar-refractivity contribution in [1.29, 1.82) is 0 Å². The van der Waals surface area contributed by atoms with Gasteiger partial charge < -0.3 is 15.4 Å². The Labute approximate surface area is 108 Å². The monoisotopic (exact) mass is 248 g/mol. The van der Waals surface area contributed by atoms with Crippen LogP contribution in [0.15, 0.2) is 18.2 Å². The predicted molar refractivity (Wildman–Crippen MR) is 70.9 cm³/mol. The van der Waals surface area contributed by atoms with Gasteiger partial charge in [0.15, 0.2) is 0 Å². The van der Waals surface area contributed by atoms with E-state index in [0.717, 1.165) is 31.7 Å². The average molecular weight is 248 g/mol. The highest BCUT2D eigenvalue weighted by atomic mass is 16.5. The van der Waals surface area contributed by atoms with Crippen molar-refractivity contribution in [3.63, 3.8) is 0 Å². The lowest BCUT2D eigenvalue weighted by atomic mass is 10.1. The topological polar surface area (TPSA) is 50.4 Å². The van der Waals surface area contributed by atoms with Crippen LogP contribution < -0.4 is 15.4 Å². The molecule has 0 radical (unpaired) electrons. The molecule has 0 aliphatic carbocycles. The Morgan fingerprint density at radius 3 is 3.11 bits per heavy atom. The van der Waals surface area contributed by atoms with Crippen LogP contribution >= 0.6 is 0 Å². The van der Waals surface area contributed by atoms with Gasteiger partial charge in [-0.05, 0) is 30.7 Å². The maximum Gasteiger partial charge on any atom is 0.221 e. The summed E-state index contributed by atoms with van der Waals surface area (Å²) in [6.45, 7) is 2.21. The first kappa shape index (κ1) is 12.9. The minimum absolute atomic E-state index is 0.105. The highest BCUT2D eigenvalue weighted by Gasteiger charge is 2.11. The van der Waals surface area contributed by atoms with Crippen molar-refractivity contribution in [3.05, 3.63) is 29.3 Å². The first-order valence-electron chi connectivity index (χ1n) is 6.45. The van der Waals surface area contributed by atoms with Gasteiger partial charge in [-0.2, -0.15) is 0 Å². The molecule has 0 spiro atoms. The van der Waals surface area contributed by atoms with Gasteiger partial charge in [0.2, 0.25) is 5.91 Å². The van der Waals surface area contributed by atoms with Crippen molar-refractivity contribution in [2.75, 3.05) is 26.7 Å². The fourth-order valence-electron chi connectivity index (χ4n) is 2.07. The Balaban J connectivity index is 1.75. The molecule has 1 aliphatic heterocycles. The van der Waals surface area contributed by atoms with Crippen molar-refractivity contribution in [2.45, 2.75) is 19.3 Å². The van der Waals surface area contributed by atoms with Crippen LogP contribution in [-0.4, -0.2) is 32.7 Å². The van der Waals surface area contributed by atoms with E-state index in [2.05, 4.69) is 22.8 Å². The summed E-state index contributed by atoms with van der Waals surface area (Å²) < 4.78 is 5.46. The van der Waals surface area contributed by atoms with E-state index in [1.165, 1.54) is 11.1 Å². The Bertz CT molecular complexity index is 418. The fourth-order valence-corrected chi connectivity index (χ4v) is 2.07. The SMILES string of the molecule is CNCCC(=O)NCCc1ccc2c(c1)CCO2. The molecule has 0 unspecified atom stereocenters. The number of amides is 1. The first-order chi connectivity index (χ1) is 8.79. The molecule has 1 aromatic rings.